The van der Waals surface area contributed by atoms with Gasteiger partial charge in [-0.15, -0.1) is 0 Å². The van der Waals surface area contributed by atoms with E-state index in [1.54, 1.807) is 12.1 Å². The second-order valence-electron chi connectivity index (χ2n) is 14.9. The Hall–Kier alpha value is -1.24. The second kappa shape index (κ2) is 10.5. The van der Waals surface area contributed by atoms with Gasteiger partial charge in [-0.2, -0.15) is 0 Å². The van der Waals surface area contributed by atoms with Gasteiger partial charge in [-0.05, 0) is 126 Å². The van der Waals surface area contributed by atoms with E-state index in [0.717, 1.165) is 49.7 Å². The quantitative estimate of drug-likeness (QED) is 0.338. The van der Waals surface area contributed by atoms with Crippen LogP contribution in [0.3, 0.4) is 0 Å². The Morgan fingerprint density at radius 1 is 1.07 bits per heavy atom. The monoisotopic (exact) mass is 574 g/mol. The third-order valence-corrected chi connectivity index (χ3v) is 14.7. The van der Waals surface area contributed by atoms with Gasteiger partial charge in [-0.3, -0.25) is 0 Å². The van der Waals surface area contributed by atoms with Crippen LogP contribution < -0.4 is 0 Å². The van der Waals surface area contributed by atoms with Gasteiger partial charge in [0.15, 0.2) is 9.84 Å². The number of alkyl halides is 1. The van der Waals surface area contributed by atoms with Crippen LogP contribution >= 0.6 is 0 Å². The number of hydrogen-bond acceptors (Lipinski definition) is 4. The fraction of sp³-hybridized carbons (Fsp3) is 0.765. The van der Waals surface area contributed by atoms with E-state index in [-0.39, 0.29) is 11.3 Å². The van der Waals surface area contributed by atoms with Crippen LogP contribution in [-0.4, -0.2) is 41.8 Å². The van der Waals surface area contributed by atoms with Crippen LogP contribution in [0.4, 0.5) is 4.39 Å². The molecule has 3 saturated carbocycles. The summed E-state index contributed by atoms with van der Waals surface area (Å²) < 4.78 is 42.7. The van der Waals surface area contributed by atoms with Gasteiger partial charge in [0.05, 0.1) is 22.4 Å². The SMILES string of the molecule is Cc1ccc(S(=O)(=O)[C@H]2CC(O)CC3=CC[C@H]4[C@@H]5CC[C@H]([C@H](C)CCC(O)C(C)(C)F)[C@@]5(C)CC[C@@H]4[C@]32C)cc1. The minimum absolute atomic E-state index is 0.179. The summed E-state index contributed by atoms with van der Waals surface area (Å²) in [6, 6.07) is 7.21. The molecule has 2 N–H and O–H groups in total. The minimum atomic E-state index is -3.64. The lowest BCUT2D eigenvalue weighted by Crippen LogP contribution is -2.57. The van der Waals surface area contributed by atoms with Crippen molar-refractivity contribution in [1.29, 1.82) is 0 Å². The lowest BCUT2D eigenvalue weighted by atomic mass is 9.46. The van der Waals surface area contributed by atoms with Crippen LogP contribution in [0.2, 0.25) is 0 Å². The molecule has 4 aliphatic carbocycles. The molecule has 3 fully saturated rings. The summed E-state index contributed by atoms with van der Waals surface area (Å²) in [7, 11) is -3.64. The predicted octanol–water partition coefficient (Wildman–Crippen LogP) is 7.21. The average molecular weight is 575 g/mol. The van der Waals surface area contributed by atoms with Gasteiger partial charge in [0.25, 0.3) is 0 Å². The van der Waals surface area contributed by atoms with E-state index in [4.69, 9.17) is 0 Å². The van der Waals surface area contributed by atoms with E-state index in [2.05, 4.69) is 26.8 Å². The van der Waals surface area contributed by atoms with Crippen LogP contribution in [0.25, 0.3) is 0 Å². The zero-order chi connectivity index (χ0) is 29.3. The van der Waals surface area contributed by atoms with Crippen molar-refractivity contribution in [2.45, 2.75) is 127 Å². The maximum absolute atomic E-state index is 14.3. The van der Waals surface area contributed by atoms with Crippen LogP contribution in [0, 0.1) is 47.3 Å². The first kappa shape index (κ1) is 30.2. The normalized spacial score (nSPS) is 39.5. The Labute approximate surface area is 241 Å². The van der Waals surface area contributed by atoms with Crippen molar-refractivity contribution in [3.63, 3.8) is 0 Å². The van der Waals surface area contributed by atoms with E-state index in [0.29, 0.717) is 47.8 Å². The minimum Gasteiger partial charge on any atom is -0.393 e. The Bertz CT molecular complexity index is 1220. The fourth-order valence-electron chi connectivity index (χ4n) is 9.96. The molecule has 0 saturated heterocycles. The molecule has 224 valence electrons. The summed E-state index contributed by atoms with van der Waals surface area (Å²) in [6.07, 6.45) is 8.28. The topological polar surface area (TPSA) is 74.6 Å². The Morgan fingerprint density at radius 3 is 2.40 bits per heavy atom. The molecule has 5 rings (SSSR count). The Kier molecular flexibility index (Phi) is 7.92. The van der Waals surface area contributed by atoms with Crippen LogP contribution in [0.5, 0.6) is 0 Å². The first-order chi connectivity index (χ1) is 18.6. The molecule has 40 heavy (non-hydrogen) atoms. The molecule has 2 unspecified atom stereocenters. The van der Waals surface area contributed by atoms with Crippen molar-refractivity contribution in [1.82, 2.24) is 0 Å². The van der Waals surface area contributed by atoms with Crippen molar-refractivity contribution >= 4 is 9.84 Å². The largest absolute Gasteiger partial charge is 0.393 e. The molecule has 0 amide bonds. The summed E-state index contributed by atoms with van der Waals surface area (Å²) in [5.74, 6) is 2.20. The molecular formula is C34H51FO4S. The molecule has 0 spiro atoms. The van der Waals surface area contributed by atoms with Gasteiger partial charge in [-0.1, -0.05) is 50.1 Å². The number of allylic oxidation sites excluding steroid dienone is 1. The zero-order valence-corrected chi connectivity index (χ0v) is 26.2. The molecule has 0 radical (unpaired) electrons. The van der Waals surface area contributed by atoms with E-state index in [1.807, 2.05) is 19.1 Å². The van der Waals surface area contributed by atoms with Crippen LogP contribution in [0.1, 0.15) is 98.0 Å². The van der Waals surface area contributed by atoms with Gasteiger partial charge in [0.1, 0.15) is 5.67 Å². The molecule has 1 aromatic rings. The number of aliphatic hydroxyl groups excluding tert-OH is 2. The molecule has 10 atom stereocenters. The second-order valence-corrected chi connectivity index (χ2v) is 17.1. The number of hydrogen-bond donors (Lipinski definition) is 2. The Balaban J connectivity index is 1.42. The number of sulfone groups is 1. The number of aryl methyl sites for hydroxylation is 1. The van der Waals surface area contributed by atoms with Crippen molar-refractivity contribution in [3.05, 3.63) is 41.5 Å². The number of aliphatic hydroxyl groups is 2. The lowest BCUT2D eigenvalue weighted by molar-refractivity contribution is -0.0575. The fourth-order valence-corrected chi connectivity index (χ4v) is 12.2. The highest BCUT2D eigenvalue weighted by Crippen LogP contribution is 2.68. The molecule has 1 aromatic carbocycles. The van der Waals surface area contributed by atoms with Gasteiger partial charge in [-0.25, -0.2) is 12.8 Å². The molecular weight excluding hydrogens is 523 g/mol. The summed E-state index contributed by atoms with van der Waals surface area (Å²) in [5, 5.41) is 20.6. The van der Waals surface area contributed by atoms with E-state index < -0.39 is 38.4 Å². The highest BCUT2D eigenvalue weighted by atomic mass is 32.2. The highest BCUT2D eigenvalue weighted by Gasteiger charge is 2.63. The summed E-state index contributed by atoms with van der Waals surface area (Å²) in [5.41, 5.74) is 0.310. The van der Waals surface area contributed by atoms with Crippen LogP contribution in [0.15, 0.2) is 40.8 Å². The number of benzene rings is 1. The highest BCUT2D eigenvalue weighted by molar-refractivity contribution is 7.92. The third kappa shape index (κ3) is 4.92. The summed E-state index contributed by atoms with van der Waals surface area (Å²) >= 11 is 0. The zero-order valence-electron chi connectivity index (χ0n) is 25.4. The smallest absolute Gasteiger partial charge is 0.182 e. The van der Waals surface area contributed by atoms with Crippen molar-refractivity contribution in [2.24, 2.45) is 40.4 Å². The van der Waals surface area contributed by atoms with Gasteiger partial charge < -0.3 is 10.2 Å². The van der Waals surface area contributed by atoms with Crippen molar-refractivity contribution < 1.29 is 23.0 Å². The molecule has 4 aliphatic rings. The number of fused-ring (bicyclic) bond motifs is 5. The van der Waals surface area contributed by atoms with Crippen molar-refractivity contribution in [3.8, 4) is 0 Å². The van der Waals surface area contributed by atoms with E-state index in [1.165, 1.54) is 13.8 Å². The maximum atomic E-state index is 14.3. The molecule has 4 nitrogen and oxygen atoms in total. The molecule has 0 heterocycles. The number of rotatable bonds is 7. The van der Waals surface area contributed by atoms with E-state index in [9.17, 15) is 23.0 Å². The first-order valence-electron chi connectivity index (χ1n) is 15.6. The standard InChI is InChI=1S/C34H51FO4S/c1-21-7-11-25(12-8-21)40(38,39)31-20-24(36)19-23-10-13-26-28-15-14-27(22(2)9-16-30(37)32(3,4)35)33(28,5)18-17-29(26)34(23,31)6/h7-8,10-12,22,24,26-31,36-37H,9,13-20H2,1-6H3/t22-,24?,26+,27-,28+,29+,30?,31+,33-,34+/m1/s1. The summed E-state index contributed by atoms with van der Waals surface area (Å²) in [4.78, 5) is 0.369. The van der Waals surface area contributed by atoms with E-state index >= 15 is 0 Å². The molecule has 0 bridgehead atoms. The van der Waals surface area contributed by atoms with Crippen molar-refractivity contribution in [2.75, 3.05) is 0 Å². The van der Waals surface area contributed by atoms with Gasteiger partial charge in [0.2, 0.25) is 0 Å². The van der Waals surface area contributed by atoms with Gasteiger partial charge >= 0.3 is 0 Å². The third-order valence-electron chi connectivity index (χ3n) is 12.3. The van der Waals surface area contributed by atoms with Gasteiger partial charge in [0, 0.05) is 5.41 Å². The maximum Gasteiger partial charge on any atom is 0.182 e. The summed E-state index contributed by atoms with van der Waals surface area (Å²) in [6.45, 7) is 11.8. The number of halogens is 1. The average Bonchev–Trinajstić information content (AvgIpc) is 3.24. The Morgan fingerprint density at radius 2 is 1.75 bits per heavy atom. The molecule has 0 aliphatic heterocycles. The van der Waals surface area contributed by atoms with Crippen LogP contribution in [-0.2, 0) is 9.84 Å². The lowest BCUT2D eigenvalue weighted by Gasteiger charge is -2.60. The molecule has 6 heteroatoms. The first-order valence-corrected chi connectivity index (χ1v) is 17.2. The molecule has 0 aromatic heterocycles. The predicted molar refractivity (Wildman–Crippen MR) is 158 cm³/mol.